The number of carbonyl (C=O) groups excluding carboxylic acids is 1. The zero-order valence-electron chi connectivity index (χ0n) is 13.3. The number of ether oxygens (including phenoxy) is 2. The quantitative estimate of drug-likeness (QED) is 0.698. The highest BCUT2D eigenvalue weighted by atomic mass is 35.5. The van der Waals surface area contributed by atoms with Gasteiger partial charge in [-0.1, -0.05) is 24.3 Å². The van der Waals surface area contributed by atoms with Crippen LogP contribution < -0.4 is 11.1 Å². The largest absolute Gasteiger partial charge is 0.411 e. The van der Waals surface area contributed by atoms with Crippen molar-refractivity contribution in [1.82, 2.24) is 5.32 Å². The molecule has 3 N–H and O–H groups in total. The summed E-state index contributed by atoms with van der Waals surface area (Å²) in [6, 6.07) is 6.78. The van der Waals surface area contributed by atoms with E-state index in [9.17, 15) is 18.0 Å². The predicted octanol–water partition coefficient (Wildman–Crippen LogP) is 2.17. The summed E-state index contributed by atoms with van der Waals surface area (Å²) in [4.78, 5) is 11.7. The molecule has 1 aromatic rings. The first-order valence-electron chi connectivity index (χ1n) is 7.06. The second kappa shape index (κ2) is 11.2. The van der Waals surface area contributed by atoms with Gasteiger partial charge in [0.1, 0.15) is 6.61 Å². The van der Waals surface area contributed by atoms with Crippen molar-refractivity contribution in [3.63, 3.8) is 0 Å². The first-order chi connectivity index (χ1) is 10.8. The summed E-state index contributed by atoms with van der Waals surface area (Å²) in [5.41, 5.74) is 6.90. The van der Waals surface area contributed by atoms with Crippen molar-refractivity contribution in [3.8, 4) is 0 Å². The second-order valence-corrected chi connectivity index (χ2v) is 5.00. The second-order valence-electron chi connectivity index (χ2n) is 5.00. The summed E-state index contributed by atoms with van der Waals surface area (Å²) in [6.07, 6.45) is -4.47. The van der Waals surface area contributed by atoms with Crippen LogP contribution in [-0.2, 0) is 27.4 Å². The number of benzene rings is 1. The Hall–Kier alpha value is -1.35. The molecular weight excluding hydrogens is 349 g/mol. The lowest BCUT2D eigenvalue weighted by Crippen LogP contribution is -2.31. The topological polar surface area (TPSA) is 73.6 Å². The van der Waals surface area contributed by atoms with Crippen LogP contribution in [0.1, 0.15) is 17.5 Å². The molecule has 0 spiro atoms. The lowest BCUT2D eigenvalue weighted by molar-refractivity contribution is -0.176. The summed E-state index contributed by atoms with van der Waals surface area (Å²) in [5.74, 6) is -0.181. The number of nitrogens with two attached hydrogens (primary N) is 1. The van der Waals surface area contributed by atoms with Gasteiger partial charge in [0.15, 0.2) is 0 Å². The fraction of sp³-hybridized carbons (Fsp3) is 0.533. The van der Waals surface area contributed by atoms with Crippen molar-refractivity contribution in [3.05, 3.63) is 35.4 Å². The van der Waals surface area contributed by atoms with E-state index >= 15 is 0 Å². The first-order valence-corrected chi connectivity index (χ1v) is 7.06. The molecule has 24 heavy (non-hydrogen) atoms. The van der Waals surface area contributed by atoms with Gasteiger partial charge in [-0.2, -0.15) is 13.2 Å². The summed E-state index contributed by atoms with van der Waals surface area (Å²) in [6.45, 7) is -0.801. The van der Waals surface area contributed by atoms with Crippen molar-refractivity contribution in [2.75, 3.05) is 20.3 Å². The number of hydrogen-bond donors (Lipinski definition) is 2. The van der Waals surface area contributed by atoms with Gasteiger partial charge in [0.2, 0.25) is 5.91 Å². The molecule has 1 unspecified atom stereocenters. The summed E-state index contributed by atoms with van der Waals surface area (Å²) in [5, 5.41) is 2.73. The molecule has 1 atom stereocenters. The molecule has 138 valence electrons. The van der Waals surface area contributed by atoms with Gasteiger partial charge in [0.25, 0.3) is 0 Å². The smallest absolute Gasteiger partial charge is 0.380 e. The van der Waals surface area contributed by atoms with Crippen molar-refractivity contribution in [1.29, 1.82) is 0 Å². The molecule has 0 saturated heterocycles. The van der Waals surface area contributed by atoms with Gasteiger partial charge < -0.3 is 20.5 Å². The lowest BCUT2D eigenvalue weighted by atomic mass is 10.1. The van der Waals surface area contributed by atoms with Crippen LogP contribution in [-0.4, -0.2) is 38.4 Å². The Morgan fingerprint density at radius 2 is 1.83 bits per heavy atom. The lowest BCUT2D eigenvalue weighted by Gasteiger charge is -2.12. The van der Waals surface area contributed by atoms with Crippen molar-refractivity contribution >= 4 is 18.3 Å². The van der Waals surface area contributed by atoms with Crippen LogP contribution >= 0.6 is 12.4 Å². The predicted molar refractivity (Wildman–Crippen MR) is 85.7 cm³/mol. The number of methoxy groups -OCH3 is 1. The first kappa shape index (κ1) is 22.6. The highest BCUT2D eigenvalue weighted by molar-refractivity contribution is 5.85. The molecule has 5 nitrogen and oxygen atoms in total. The molecule has 1 amide bonds. The van der Waals surface area contributed by atoms with Gasteiger partial charge in [-0.05, 0) is 11.1 Å². The van der Waals surface area contributed by atoms with Gasteiger partial charge in [-0.15, -0.1) is 12.4 Å². The molecule has 0 aliphatic heterocycles. The van der Waals surface area contributed by atoms with E-state index < -0.39 is 12.8 Å². The van der Waals surface area contributed by atoms with Crippen molar-refractivity contribution in [2.45, 2.75) is 31.9 Å². The van der Waals surface area contributed by atoms with E-state index in [4.69, 9.17) is 10.5 Å². The molecule has 9 heteroatoms. The maximum atomic E-state index is 12.0. The molecular formula is C15H22ClF3N2O3. The molecule has 0 aromatic heterocycles. The molecule has 0 aliphatic rings. The minimum absolute atomic E-state index is 0. The maximum Gasteiger partial charge on any atom is 0.411 e. The third-order valence-electron chi connectivity index (χ3n) is 3.06. The summed E-state index contributed by atoms with van der Waals surface area (Å²) >= 11 is 0. The van der Waals surface area contributed by atoms with Gasteiger partial charge in [-0.25, -0.2) is 0 Å². The third kappa shape index (κ3) is 9.71. The molecule has 0 saturated carbocycles. The SMILES string of the molecule is COC(CN)CC(=O)NCc1ccc(COCC(F)(F)F)cc1.Cl. The van der Waals surface area contributed by atoms with Crippen molar-refractivity contribution < 1.29 is 27.4 Å². The summed E-state index contributed by atoms with van der Waals surface area (Å²) < 4.78 is 45.5. The maximum absolute atomic E-state index is 12.0. The fourth-order valence-corrected chi connectivity index (χ4v) is 1.78. The third-order valence-corrected chi connectivity index (χ3v) is 3.06. The zero-order valence-corrected chi connectivity index (χ0v) is 14.1. The normalized spacial score (nSPS) is 12.4. The Bertz CT molecular complexity index is 480. The molecule has 0 heterocycles. The standard InChI is InChI=1S/C15H21F3N2O3.ClH/c1-22-13(7-19)6-14(21)20-8-11-2-4-12(5-3-11)9-23-10-15(16,17)18;/h2-5,13H,6-10,19H2,1H3,(H,20,21);1H. The van der Waals surface area contributed by atoms with Crippen LogP contribution in [0.3, 0.4) is 0 Å². The van der Waals surface area contributed by atoms with Crippen LogP contribution in [0.15, 0.2) is 24.3 Å². The molecule has 0 bridgehead atoms. The molecule has 1 rings (SSSR count). The number of hydrogen-bond acceptors (Lipinski definition) is 4. The zero-order chi connectivity index (χ0) is 17.3. The molecule has 1 aromatic carbocycles. The minimum atomic E-state index is -4.33. The van der Waals surface area contributed by atoms with Crippen LogP contribution in [0.4, 0.5) is 13.2 Å². The van der Waals surface area contributed by atoms with Crippen molar-refractivity contribution in [2.24, 2.45) is 5.73 Å². The minimum Gasteiger partial charge on any atom is -0.380 e. The van der Waals surface area contributed by atoms with E-state index in [2.05, 4.69) is 10.1 Å². The number of rotatable bonds is 9. The average molecular weight is 371 g/mol. The Morgan fingerprint density at radius 3 is 2.33 bits per heavy atom. The highest BCUT2D eigenvalue weighted by Gasteiger charge is 2.27. The van der Waals surface area contributed by atoms with E-state index in [1.807, 2.05) is 0 Å². The van der Waals surface area contributed by atoms with E-state index in [-0.39, 0.29) is 44.0 Å². The van der Waals surface area contributed by atoms with Crippen LogP contribution in [0, 0.1) is 0 Å². The number of nitrogens with one attached hydrogen (secondary N) is 1. The monoisotopic (exact) mass is 370 g/mol. The number of amides is 1. The highest BCUT2D eigenvalue weighted by Crippen LogP contribution is 2.15. The Morgan fingerprint density at radius 1 is 1.25 bits per heavy atom. The summed E-state index contributed by atoms with van der Waals surface area (Å²) in [7, 11) is 1.49. The van der Waals surface area contributed by atoms with Crippen LogP contribution in [0.25, 0.3) is 0 Å². The Labute approximate surface area is 145 Å². The number of carbonyl (C=O) groups is 1. The van der Waals surface area contributed by atoms with E-state index in [1.54, 1.807) is 24.3 Å². The van der Waals surface area contributed by atoms with E-state index in [0.717, 1.165) is 5.56 Å². The number of halogens is 4. The Balaban J connectivity index is 0.00000529. The van der Waals surface area contributed by atoms with Gasteiger partial charge in [0, 0.05) is 20.2 Å². The van der Waals surface area contributed by atoms with Gasteiger partial charge >= 0.3 is 6.18 Å². The fourth-order valence-electron chi connectivity index (χ4n) is 1.78. The number of alkyl halides is 3. The molecule has 0 radical (unpaired) electrons. The molecule has 0 fully saturated rings. The van der Waals surface area contributed by atoms with Gasteiger partial charge in [-0.3, -0.25) is 4.79 Å². The van der Waals surface area contributed by atoms with E-state index in [1.165, 1.54) is 7.11 Å². The van der Waals surface area contributed by atoms with Crippen LogP contribution in [0.2, 0.25) is 0 Å². The average Bonchev–Trinajstić information content (AvgIpc) is 2.50. The van der Waals surface area contributed by atoms with Gasteiger partial charge in [0.05, 0.1) is 19.1 Å². The van der Waals surface area contributed by atoms with Crippen LogP contribution in [0.5, 0.6) is 0 Å². The van der Waals surface area contributed by atoms with E-state index in [0.29, 0.717) is 12.1 Å². The Kier molecular flexibility index (Phi) is 10.6. The molecule has 0 aliphatic carbocycles.